The summed E-state index contributed by atoms with van der Waals surface area (Å²) in [5.41, 5.74) is -0.262. The minimum Gasteiger partial charge on any atom is -0.444 e. The van der Waals surface area contributed by atoms with Gasteiger partial charge in [-0.2, -0.15) is 0 Å². The lowest BCUT2D eigenvalue weighted by Crippen LogP contribution is -2.63. The molecule has 0 aromatic carbocycles. The topological polar surface area (TPSA) is 59.6 Å². The van der Waals surface area contributed by atoms with Crippen LogP contribution < -0.4 is 10.6 Å². The van der Waals surface area contributed by atoms with E-state index in [0.717, 1.165) is 25.7 Å². The summed E-state index contributed by atoms with van der Waals surface area (Å²) < 4.78 is 10.9. The number of methoxy groups -OCH3 is 1. The minimum atomic E-state index is -0.443. The molecule has 0 aliphatic heterocycles. The molecule has 0 aromatic rings. The first-order valence-corrected chi connectivity index (χ1v) is 8.90. The Kier molecular flexibility index (Phi) is 5.62. The average molecular weight is 326 g/mol. The van der Waals surface area contributed by atoms with Crippen LogP contribution in [-0.4, -0.2) is 43.0 Å². The maximum absolute atomic E-state index is 11.9. The number of hydrogen-bond acceptors (Lipinski definition) is 4. The van der Waals surface area contributed by atoms with Crippen LogP contribution in [0.2, 0.25) is 0 Å². The molecule has 2 N–H and O–H groups in total. The van der Waals surface area contributed by atoms with Crippen LogP contribution in [0.4, 0.5) is 4.79 Å². The molecule has 0 heterocycles. The van der Waals surface area contributed by atoms with Crippen molar-refractivity contribution in [2.45, 2.75) is 96.6 Å². The van der Waals surface area contributed by atoms with E-state index in [9.17, 15) is 4.79 Å². The van der Waals surface area contributed by atoms with Crippen molar-refractivity contribution in [2.75, 3.05) is 7.11 Å². The standard InChI is InChI=1S/C18H34N2O3/c1-17(2,3)23-16(21)20-13-9-7-8-12(10-13)19-14-11-15(22-6)18(14,4)5/h12-15,19H,7-11H2,1-6H3,(H,20,21). The summed E-state index contributed by atoms with van der Waals surface area (Å²) in [6.45, 7) is 10.2. The van der Waals surface area contributed by atoms with E-state index in [-0.39, 0.29) is 17.6 Å². The summed E-state index contributed by atoms with van der Waals surface area (Å²) in [5, 5.41) is 6.82. The van der Waals surface area contributed by atoms with E-state index in [4.69, 9.17) is 9.47 Å². The Morgan fingerprint density at radius 3 is 2.35 bits per heavy atom. The summed E-state index contributed by atoms with van der Waals surface area (Å²) in [4.78, 5) is 11.9. The molecule has 0 aromatic heterocycles. The van der Waals surface area contributed by atoms with Gasteiger partial charge in [0.1, 0.15) is 5.60 Å². The Balaban J connectivity index is 1.79. The number of rotatable bonds is 4. The third kappa shape index (κ3) is 4.83. The molecule has 2 fully saturated rings. The molecule has 2 aliphatic carbocycles. The maximum atomic E-state index is 11.9. The fourth-order valence-electron chi connectivity index (χ4n) is 3.80. The molecular formula is C18H34N2O3. The van der Waals surface area contributed by atoms with Crippen molar-refractivity contribution in [1.29, 1.82) is 0 Å². The molecule has 4 unspecified atom stereocenters. The number of amides is 1. The molecule has 23 heavy (non-hydrogen) atoms. The lowest BCUT2D eigenvalue weighted by Gasteiger charge is -2.53. The van der Waals surface area contributed by atoms with Crippen molar-refractivity contribution in [1.82, 2.24) is 10.6 Å². The lowest BCUT2D eigenvalue weighted by atomic mass is 9.64. The molecule has 134 valence electrons. The predicted molar refractivity (Wildman–Crippen MR) is 91.5 cm³/mol. The Morgan fingerprint density at radius 2 is 1.78 bits per heavy atom. The molecule has 2 aliphatic rings. The van der Waals surface area contributed by atoms with Gasteiger partial charge >= 0.3 is 6.09 Å². The largest absolute Gasteiger partial charge is 0.444 e. The molecule has 0 bridgehead atoms. The van der Waals surface area contributed by atoms with Crippen molar-refractivity contribution < 1.29 is 14.3 Å². The Bertz CT molecular complexity index is 417. The SMILES string of the molecule is COC1CC(NC2CCCC(NC(=O)OC(C)(C)C)C2)C1(C)C. The van der Waals surface area contributed by atoms with E-state index < -0.39 is 5.60 Å². The second kappa shape index (κ2) is 6.98. The zero-order chi connectivity index (χ0) is 17.3. The van der Waals surface area contributed by atoms with E-state index in [2.05, 4.69) is 24.5 Å². The van der Waals surface area contributed by atoms with Crippen LogP contribution in [0, 0.1) is 5.41 Å². The maximum Gasteiger partial charge on any atom is 0.407 e. The minimum absolute atomic E-state index is 0.181. The van der Waals surface area contributed by atoms with Crippen molar-refractivity contribution in [3.63, 3.8) is 0 Å². The number of alkyl carbamates (subject to hydrolysis) is 1. The van der Waals surface area contributed by atoms with Gasteiger partial charge in [0, 0.05) is 30.7 Å². The van der Waals surface area contributed by atoms with Crippen LogP contribution in [0.3, 0.4) is 0 Å². The van der Waals surface area contributed by atoms with Gasteiger partial charge in [0.2, 0.25) is 0 Å². The highest BCUT2D eigenvalue weighted by Crippen LogP contribution is 2.43. The van der Waals surface area contributed by atoms with Crippen molar-refractivity contribution in [3.05, 3.63) is 0 Å². The monoisotopic (exact) mass is 326 g/mol. The van der Waals surface area contributed by atoms with Crippen LogP contribution in [0.25, 0.3) is 0 Å². The predicted octanol–water partition coefficient (Wildman–Crippen LogP) is 3.23. The van der Waals surface area contributed by atoms with E-state index >= 15 is 0 Å². The zero-order valence-corrected chi connectivity index (χ0v) is 15.6. The highest BCUT2D eigenvalue weighted by Gasteiger charge is 2.49. The highest BCUT2D eigenvalue weighted by atomic mass is 16.6. The third-order valence-corrected chi connectivity index (χ3v) is 5.29. The number of ether oxygens (including phenoxy) is 2. The molecule has 1 amide bonds. The second-order valence-corrected chi connectivity index (χ2v) is 8.71. The first kappa shape index (κ1) is 18.5. The molecule has 2 rings (SSSR count). The fraction of sp³-hybridized carbons (Fsp3) is 0.944. The number of carbonyl (C=O) groups is 1. The van der Waals surface area contributed by atoms with Crippen LogP contribution >= 0.6 is 0 Å². The van der Waals surface area contributed by atoms with Gasteiger partial charge in [-0.05, 0) is 52.9 Å². The van der Waals surface area contributed by atoms with Crippen molar-refractivity contribution in [2.24, 2.45) is 5.41 Å². The van der Waals surface area contributed by atoms with E-state index in [1.54, 1.807) is 7.11 Å². The van der Waals surface area contributed by atoms with Crippen LogP contribution in [-0.2, 0) is 9.47 Å². The molecular weight excluding hydrogens is 292 g/mol. The number of carbonyl (C=O) groups excluding carboxylic acids is 1. The molecule has 4 atom stereocenters. The Morgan fingerprint density at radius 1 is 1.13 bits per heavy atom. The summed E-state index contributed by atoms with van der Waals surface area (Å²) in [5.74, 6) is 0. The second-order valence-electron chi connectivity index (χ2n) is 8.71. The Labute approximate surface area is 140 Å². The molecule has 2 saturated carbocycles. The van der Waals surface area contributed by atoms with Gasteiger partial charge in [-0.25, -0.2) is 4.79 Å². The van der Waals surface area contributed by atoms with E-state index in [0.29, 0.717) is 18.2 Å². The van der Waals surface area contributed by atoms with Crippen LogP contribution in [0.1, 0.15) is 66.7 Å². The molecule has 5 heteroatoms. The van der Waals surface area contributed by atoms with Gasteiger partial charge in [0.15, 0.2) is 0 Å². The van der Waals surface area contributed by atoms with Gasteiger partial charge in [0.05, 0.1) is 6.10 Å². The number of hydrogen-bond donors (Lipinski definition) is 2. The third-order valence-electron chi connectivity index (χ3n) is 5.29. The molecule has 0 radical (unpaired) electrons. The van der Waals surface area contributed by atoms with Gasteiger partial charge in [0.25, 0.3) is 0 Å². The van der Waals surface area contributed by atoms with Gasteiger partial charge in [-0.1, -0.05) is 13.8 Å². The van der Waals surface area contributed by atoms with E-state index in [1.807, 2.05) is 20.8 Å². The smallest absolute Gasteiger partial charge is 0.407 e. The highest BCUT2D eigenvalue weighted by molar-refractivity contribution is 5.68. The quantitative estimate of drug-likeness (QED) is 0.833. The van der Waals surface area contributed by atoms with Gasteiger partial charge < -0.3 is 20.1 Å². The van der Waals surface area contributed by atoms with E-state index in [1.165, 1.54) is 6.42 Å². The van der Waals surface area contributed by atoms with Crippen molar-refractivity contribution >= 4 is 6.09 Å². The first-order chi connectivity index (χ1) is 10.6. The Hall–Kier alpha value is -0.810. The zero-order valence-electron chi connectivity index (χ0n) is 15.6. The molecule has 0 spiro atoms. The van der Waals surface area contributed by atoms with Crippen molar-refractivity contribution in [3.8, 4) is 0 Å². The lowest BCUT2D eigenvalue weighted by molar-refractivity contribution is -0.101. The molecule has 0 saturated heterocycles. The summed E-state index contributed by atoms with van der Waals surface area (Å²) >= 11 is 0. The van der Waals surface area contributed by atoms with Gasteiger partial charge in [-0.3, -0.25) is 0 Å². The van der Waals surface area contributed by atoms with Crippen LogP contribution in [0.15, 0.2) is 0 Å². The fourth-order valence-corrected chi connectivity index (χ4v) is 3.80. The molecule has 5 nitrogen and oxygen atoms in total. The summed E-state index contributed by atoms with van der Waals surface area (Å²) in [7, 11) is 1.80. The van der Waals surface area contributed by atoms with Gasteiger partial charge in [-0.15, -0.1) is 0 Å². The first-order valence-electron chi connectivity index (χ1n) is 8.90. The average Bonchev–Trinajstić information content (AvgIpc) is 2.41. The normalized spacial score (nSPS) is 33.7. The van der Waals surface area contributed by atoms with Crippen LogP contribution in [0.5, 0.6) is 0 Å². The number of nitrogens with one attached hydrogen (secondary N) is 2. The summed E-state index contributed by atoms with van der Waals surface area (Å²) in [6.07, 6.45) is 5.45. The summed E-state index contributed by atoms with van der Waals surface area (Å²) in [6, 6.07) is 1.17.